The molecular weight excluding hydrogens is 473 g/mol. The molecule has 2 heterocycles. The van der Waals surface area contributed by atoms with Crippen LogP contribution in [0.1, 0.15) is 28.0 Å². The van der Waals surface area contributed by atoms with Gasteiger partial charge in [0.25, 0.3) is 23.7 Å². The zero-order chi connectivity index (χ0) is 25.4. The number of carbonyl (C=O) groups excluding carboxylic acids is 1. The molecule has 0 bridgehead atoms. The van der Waals surface area contributed by atoms with Gasteiger partial charge in [0.1, 0.15) is 22.6 Å². The van der Waals surface area contributed by atoms with Crippen molar-refractivity contribution in [3.05, 3.63) is 91.5 Å². The lowest BCUT2D eigenvalue weighted by Crippen LogP contribution is -2.13. The molecule has 0 saturated carbocycles. The van der Waals surface area contributed by atoms with Gasteiger partial charge in [0.2, 0.25) is 0 Å². The number of halogens is 3. The molecule has 0 radical (unpaired) electrons. The Balaban J connectivity index is 1.80. The van der Waals surface area contributed by atoms with E-state index in [1.165, 1.54) is 19.1 Å². The highest BCUT2D eigenvalue weighted by atomic mass is 19.3. The molecule has 11 nitrogen and oxygen atoms in total. The van der Waals surface area contributed by atoms with Crippen molar-refractivity contribution in [3.63, 3.8) is 0 Å². The lowest BCUT2D eigenvalue weighted by atomic mass is 10.1. The number of carbonyl (C=O) groups is 1. The van der Waals surface area contributed by atoms with Crippen LogP contribution in [-0.2, 0) is 0 Å². The Morgan fingerprint density at radius 3 is 2.20 bits per heavy atom. The number of amides is 1. The molecular formula is C21H13F3N6O5. The van der Waals surface area contributed by atoms with Crippen molar-refractivity contribution < 1.29 is 27.8 Å². The van der Waals surface area contributed by atoms with Gasteiger partial charge in [-0.2, -0.15) is 5.10 Å². The molecule has 0 fully saturated rings. The molecule has 0 aliphatic rings. The fourth-order valence-electron chi connectivity index (χ4n) is 3.40. The minimum absolute atomic E-state index is 0.0176. The van der Waals surface area contributed by atoms with E-state index in [0.29, 0.717) is 5.56 Å². The molecule has 0 aliphatic carbocycles. The average Bonchev–Trinajstić information content (AvgIpc) is 3.23. The molecule has 0 saturated heterocycles. The van der Waals surface area contributed by atoms with Crippen molar-refractivity contribution in [2.24, 2.45) is 0 Å². The van der Waals surface area contributed by atoms with E-state index >= 15 is 0 Å². The maximum Gasteiger partial charge on any atom is 0.281 e. The molecule has 0 aliphatic heterocycles. The van der Waals surface area contributed by atoms with Crippen molar-refractivity contribution in [1.29, 1.82) is 0 Å². The minimum Gasteiger partial charge on any atom is -0.321 e. The molecule has 35 heavy (non-hydrogen) atoms. The van der Waals surface area contributed by atoms with Gasteiger partial charge < -0.3 is 5.32 Å². The van der Waals surface area contributed by atoms with E-state index in [1.54, 1.807) is 0 Å². The Morgan fingerprint density at radius 2 is 1.66 bits per heavy atom. The van der Waals surface area contributed by atoms with Gasteiger partial charge in [-0.3, -0.25) is 25.0 Å². The molecule has 0 unspecified atom stereocenters. The Labute approximate surface area is 193 Å². The van der Waals surface area contributed by atoms with Gasteiger partial charge in [-0.05, 0) is 37.3 Å². The smallest absolute Gasteiger partial charge is 0.281 e. The number of anilines is 1. The van der Waals surface area contributed by atoms with Gasteiger partial charge in [0, 0.05) is 17.7 Å². The van der Waals surface area contributed by atoms with Crippen LogP contribution < -0.4 is 5.32 Å². The minimum atomic E-state index is -3.00. The van der Waals surface area contributed by atoms with Crippen LogP contribution in [0.2, 0.25) is 0 Å². The average molecular weight is 486 g/mol. The number of rotatable bonds is 6. The van der Waals surface area contributed by atoms with Crippen molar-refractivity contribution in [2.45, 2.75) is 13.3 Å². The van der Waals surface area contributed by atoms with E-state index in [4.69, 9.17) is 0 Å². The second-order valence-corrected chi connectivity index (χ2v) is 7.28. The Bertz CT molecular complexity index is 1470. The van der Waals surface area contributed by atoms with Crippen LogP contribution in [0.4, 0.5) is 30.2 Å². The largest absolute Gasteiger partial charge is 0.321 e. The summed E-state index contributed by atoms with van der Waals surface area (Å²) in [5, 5.41) is 28.7. The number of nitrogens with one attached hydrogen (secondary N) is 1. The summed E-state index contributed by atoms with van der Waals surface area (Å²) >= 11 is 0. The molecule has 178 valence electrons. The maximum absolute atomic E-state index is 13.7. The molecule has 4 aromatic rings. The highest BCUT2D eigenvalue weighted by molar-refractivity contribution is 6.08. The van der Waals surface area contributed by atoms with Crippen LogP contribution in [0.25, 0.3) is 16.9 Å². The Morgan fingerprint density at radius 1 is 1.06 bits per heavy atom. The molecule has 1 N–H and O–H groups in total. The Hall–Kier alpha value is -4.88. The number of hydrogen-bond acceptors (Lipinski definition) is 7. The summed E-state index contributed by atoms with van der Waals surface area (Å²) in [7, 11) is 0. The molecule has 4 rings (SSSR count). The number of nitro groups is 2. The van der Waals surface area contributed by atoms with Crippen LogP contribution in [0.3, 0.4) is 0 Å². The van der Waals surface area contributed by atoms with Crippen molar-refractivity contribution in [1.82, 2.24) is 14.6 Å². The first-order valence-corrected chi connectivity index (χ1v) is 9.74. The van der Waals surface area contributed by atoms with E-state index in [2.05, 4.69) is 15.4 Å². The molecule has 2 aromatic heterocycles. The first-order chi connectivity index (χ1) is 16.6. The lowest BCUT2D eigenvalue weighted by Gasteiger charge is -2.09. The Kier molecular flexibility index (Phi) is 5.86. The number of fused-ring (bicyclic) bond motifs is 1. The van der Waals surface area contributed by atoms with Gasteiger partial charge in [-0.15, -0.1) is 0 Å². The zero-order valence-electron chi connectivity index (χ0n) is 17.6. The molecule has 2 aromatic carbocycles. The monoisotopic (exact) mass is 486 g/mol. The van der Waals surface area contributed by atoms with Crippen LogP contribution in [-0.4, -0.2) is 30.4 Å². The third-order valence-electron chi connectivity index (χ3n) is 5.11. The summed E-state index contributed by atoms with van der Waals surface area (Å²) in [6.07, 6.45) is -2.03. The summed E-state index contributed by atoms with van der Waals surface area (Å²) in [6, 6.07) is 7.80. The van der Waals surface area contributed by atoms with E-state index in [1.807, 2.05) is 0 Å². The van der Waals surface area contributed by atoms with E-state index < -0.39 is 45.1 Å². The number of alkyl halides is 2. The number of nitrogens with zero attached hydrogens (tertiary/aromatic N) is 5. The molecule has 1 amide bonds. The summed E-state index contributed by atoms with van der Waals surface area (Å²) in [4.78, 5) is 38.0. The van der Waals surface area contributed by atoms with Gasteiger partial charge in [0.05, 0.1) is 27.4 Å². The summed E-state index contributed by atoms with van der Waals surface area (Å²) in [6.45, 7) is 1.19. The first kappa shape index (κ1) is 23.3. The van der Waals surface area contributed by atoms with E-state index in [9.17, 15) is 38.2 Å². The molecule has 0 spiro atoms. The predicted octanol–water partition coefficient (Wildman–Crippen LogP) is 4.85. The van der Waals surface area contributed by atoms with Crippen LogP contribution in [0, 0.1) is 33.0 Å². The molecule has 0 atom stereocenters. The normalized spacial score (nSPS) is 11.1. The summed E-state index contributed by atoms with van der Waals surface area (Å²) in [5.41, 5.74) is -2.47. The van der Waals surface area contributed by atoms with Crippen LogP contribution >= 0.6 is 0 Å². The van der Waals surface area contributed by atoms with Gasteiger partial charge in [-0.25, -0.2) is 22.7 Å². The van der Waals surface area contributed by atoms with Gasteiger partial charge in [0.15, 0.2) is 5.65 Å². The second-order valence-electron chi connectivity index (χ2n) is 7.28. The first-order valence-electron chi connectivity index (χ1n) is 9.74. The number of benzene rings is 2. The number of hydrogen-bond donors (Lipinski definition) is 1. The fraction of sp³-hybridized carbons (Fsp3) is 0.0952. The second kappa shape index (κ2) is 8.81. The quantitative estimate of drug-likeness (QED) is 0.303. The predicted molar refractivity (Wildman–Crippen MR) is 116 cm³/mol. The number of aromatic nitrogens is 3. The SMILES string of the molecule is Cc1c([N+](=O)[O-])cc(NC(=O)c2cnn3c(C(F)F)cc(-c4ccc(F)cc4)nc23)cc1[N+](=O)[O-]. The third kappa shape index (κ3) is 4.36. The standard InChI is InChI=1S/C21H13F3N6O5/c1-10-16(29(32)33)6-13(7-17(10)30(34)35)26-21(31)14-9-25-28-18(19(23)24)8-15(27-20(14)28)11-2-4-12(22)5-3-11/h2-9,19H,1H3,(H,26,31). The highest BCUT2D eigenvalue weighted by Crippen LogP contribution is 2.32. The third-order valence-corrected chi connectivity index (χ3v) is 5.11. The van der Waals surface area contributed by atoms with Gasteiger partial charge in [-0.1, -0.05) is 0 Å². The van der Waals surface area contributed by atoms with Gasteiger partial charge >= 0.3 is 0 Å². The zero-order valence-corrected chi connectivity index (χ0v) is 17.6. The summed E-state index contributed by atoms with van der Waals surface area (Å²) < 4.78 is 41.5. The maximum atomic E-state index is 13.7. The summed E-state index contributed by atoms with van der Waals surface area (Å²) in [5.74, 6) is -1.49. The van der Waals surface area contributed by atoms with E-state index in [-0.39, 0.29) is 28.2 Å². The van der Waals surface area contributed by atoms with E-state index in [0.717, 1.165) is 41.0 Å². The lowest BCUT2D eigenvalue weighted by molar-refractivity contribution is -0.395. The van der Waals surface area contributed by atoms with Crippen molar-refractivity contribution >= 4 is 28.6 Å². The van der Waals surface area contributed by atoms with Crippen LogP contribution in [0.15, 0.2) is 48.7 Å². The number of nitro benzene ring substituents is 2. The van der Waals surface area contributed by atoms with Crippen LogP contribution in [0.5, 0.6) is 0 Å². The highest BCUT2D eigenvalue weighted by Gasteiger charge is 2.26. The van der Waals surface area contributed by atoms with Crippen molar-refractivity contribution in [3.8, 4) is 11.3 Å². The van der Waals surface area contributed by atoms with Crippen molar-refractivity contribution in [2.75, 3.05) is 5.32 Å². The fourth-order valence-corrected chi connectivity index (χ4v) is 3.40. The molecule has 14 heteroatoms. The topological polar surface area (TPSA) is 146 Å².